The molecule has 2 rings (SSSR count). The van der Waals surface area contributed by atoms with E-state index in [9.17, 15) is 19.3 Å². The topological polar surface area (TPSA) is 92.9 Å². The number of carbonyl (C=O) groups excluding carboxylic acids is 1. The van der Waals surface area contributed by atoms with Gasteiger partial charge in [-0.05, 0) is 19.1 Å². The number of aliphatic hydroxyl groups excluding tert-OH is 1. The predicted molar refractivity (Wildman–Crippen MR) is 70.4 cm³/mol. The third kappa shape index (κ3) is 3.34. The third-order valence-electron chi connectivity index (χ3n) is 3.21. The van der Waals surface area contributed by atoms with E-state index < -0.39 is 28.4 Å². The second-order valence-corrected chi connectivity index (χ2v) is 4.88. The minimum absolute atomic E-state index is 0.0314. The van der Waals surface area contributed by atoms with Gasteiger partial charge in [0.2, 0.25) is 5.82 Å². The molecule has 1 heterocycles. The lowest BCUT2D eigenvalue weighted by molar-refractivity contribution is -0.387. The molecule has 0 aliphatic carbocycles. The first-order valence-electron chi connectivity index (χ1n) is 6.42. The van der Waals surface area contributed by atoms with Crippen LogP contribution in [0.25, 0.3) is 0 Å². The Labute approximate surface area is 120 Å². The van der Waals surface area contributed by atoms with E-state index in [4.69, 9.17) is 9.84 Å². The second kappa shape index (κ2) is 6.15. The van der Waals surface area contributed by atoms with Crippen LogP contribution < -0.4 is 0 Å². The quantitative estimate of drug-likeness (QED) is 0.662. The number of nitrogens with zero attached hydrogens (tertiary/aromatic N) is 2. The van der Waals surface area contributed by atoms with Gasteiger partial charge in [0.15, 0.2) is 0 Å². The summed E-state index contributed by atoms with van der Waals surface area (Å²) < 4.78 is 19.0. The van der Waals surface area contributed by atoms with E-state index in [0.29, 0.717) is 6.54 Å². The molecule has 1 fully saturated rings. The molecule has 0 spiro atoms. The lowest BCUT2D eigenvalue weighted by Crippen LogP contribution is -2.50. The van der Waals surface area contributed by atoms with Crippen LogP contribution in [-0.2, 0) is 4.74 Å². The number of hydrogen-bond acceptors (Lipinski definition) is 5. The van der Waals surface area contributed by atoms with Crippen molar-refractivity contribution in [3.63, 3.8) is 0 Å². The Morgan fingerprint density at radius 1 is 1.57 bits per heavy atom. The number of benzene rings is 1. The van der Waals surface area contributed by atoms with Crippen LogP contribution >= 0.6 is 0 Å². The molecule has 0 bridgehead atoms. The standard InChI is InChI=1S/C13H15FN2O5/c1-8-5-15(6-10(7-17)21-8)13(18)9-2-3-12(16(19)20)11(14)4-9/h2-4,8,10,17H,5-7H2,1H3. The summed E-state index contributed by atoms with van der Waals surface area (Å²) >= 11 is 0. The van der Waals surface area contributed by atoms with E-state index in [1.807, 2.05) is 0 Å². The van der Waals surface area contributed by atoms with Gasteiger partial charge in [-0.15, -0.1) is 0 Å². The molecule has 8 heteroatoms. The Balaban J connectivity index is 2.19. The van der Waals surface area contributed by atoms with Crippen LogP contribution in [0.5, 0.6) is 0 Å². The molecule has 0 radical (unpaired) electrons. The van der Waals surface area contributed by atoms with Crippen LogP contribution in [0.15, 0.2) is 18.2 Å². The monoisotopic (exact) mass is 298 g/mol. The number of amides is 1. The summed E-state index contributed by atoms with van der Waals surface area (Å²) in [5.41, 5.74) is -0.640. The fraction of sp³-hybridized carbons (Fsp3) is 0.462. The van der Waals surface area contributed by atoms with Gasteiger partial charge in [-0.3, -0.25) is 14.9 Å². The van der Waals surface area contributed by atoms with Crippen LogP contribution in [0.1, 0.15) is 17.3 Å². The van der Waals surface area contributed by atoms with Gasteiger partial charge in [0, 0.05) is 24.7 Å². The average molecular weight is 298 g/mol. The zero-order valence-corrected chi connectivity index (χ0v) is 11.4. The molecule has 2 unspecified atom stereocenters. The molecule has 1 aliphatic heterocycles. The zero-order chi connectivity index (χ0) is 15.6. The summed E-state index contributed by atoms with van der Waals surface area (Å²) in [5.74, 6) is -1.50. The highest BCUT2D eigenvalue weighted by Crippen LogP contribution is 2.20. The fourth-order valence-electron chi connectivity index (χ4n) is 2.28. The van der Waals surface area contributed by atoms with Crippen molar-refractivity contribution in [2.45, 2.75) is 19.1 Å². The van der Waals surface area contributed by atoms with Crippen molar-refractivity contribution in [1.82, 2.24) is 4.90 Å². The van der Waals surface area contributed by atoms with E-state index in [2.05, 4.69) is 0 Å². The van der Waals surface area contributed by atoms with Gasteiger partial charge in [-0.2, -0.15) is 4.39 Å². The molecule has 2 atom stereocenters. The van der Waals surface area contributed by atoms with Gasteiger partial charge in [0.05, 0.1) is 23.7 Å². The van der Waals surface area contributed by atoms with Crippen LogP contribution in [0.2, 0.25) is 0 Å². The molecule has 1 aromatic rings. The molecule has 1 N–H and O–H groups in total. The number of aliphatic hydroxyl groups is 1. The molecule has 7 nitrogen and oxygen atoms in total. The maximum absolute atomic E-state index is 13.6. The highest BCUT2D eigenvalue weighted by atomic mass is 19.1. The summed E-state index contributed by atoms with van der Waals surface area (Å²) in [6.45, 7) is 2.05. The van der Waals surface area contributed by atoms with Crippen molar-refractivity contribution in [2.75, 3.05) is 19.7 Å². The Morgan fingerprint density at radius 2 is 2.29 bits per heavy atom. The molecule has 1 aromatic carbocycles. The van der Waals surface area contributed by atoms with Gasteiger partial charge in [-0.25, -0.2) is 0 Å². The van der Waals surface area contributed by atoms with Crippen molar-refractivity contribution in [1.29, 1.82) is 0 Å². The Morgan fingerprint density at radius 3 is 2.86 bits per heavy atom. The van der Waals surface area contributed by atoms with E-state index >= 15 is 0 Å². The number of morpholine rings is 1. The van der Waals surface area contributed by atoms with Gasteiger partial charge >= 0.3 is 5.69 Å². The predicted octanol–water partition coefficient (Wildman–Crippen LogP) is 0.956. The van der Waals surface area contributed by atoms with Crippen LogP contribution in [-0.4, -0.2) is 52.7 Å². The van der Waals surface area contributed by atoms with Gasteiger partial charge in [0.25, 0.3) is 5.91 Å². The van der Waals surface area contributed by atoms with Crippen molar-refractivity contribution in [3.05, 3.63) is 39.7 Å². The van der Waals surface area contributed by atoms with E-state index in [0.717, 1.165) is 12.1 Å². The number of nitro benzene ring substituents is 1. The molecule has 114 valence electrons. The summed E-state index contributed by atoms with van der Waals surface area (Å²) in [5, 5.41) is 19.7. The summed E-state index contributed by atoms with van der Waals surface area (Å²) in [6, 6.07) is 3.04. The van der Waals surface area contributed by atoms with E-state index in [1.165, 1.54) is 11.0 Å². The molecule has 1 saturated heterocycles. The van der Waals surface area contributed by atoms with Crippen molar-refractivity contribution < 1.29 is 24.0 Å². The maximum Gasteiger partial charge on any atom is 0.304 e. The largest absolute Gasteiger partial charge is 0.394 e. The second-order valence-electron chi connectivity index (χ2n) is 4.88. The van der Waals surface area contributed by atoms with Crippen LogP contribution in [0.3, 0.4) is 0 Å². The van der Waals surface area contributed by atoms with Crippen molar-refractivity contribution >= 4 is 11.6 Å². The molecule has 21 heavy (non-hydrogen) atoms. The average Bonchev–Trinajstić information content (AvgIpc) is 2.45. The van der Waals surface area contributed by atoms with E-state index in [-0.39, 0.29) is 24.8 Å². The molecular weight excluding hydrogens is 283 g/mol. The SMILES string of the molecule is CC1CN(C(=O)c2ccc([N+](=O)[O-])c(F)c2)CC(CO)O1. The zero-order valence-electron chi connectivity index (χ0n) is 11.4. The lowest BCUT2D eigenvalue weighted by atomic mass is 10.1. The highest BCUT2D eigenvalue weighted by Gasteiger charge is 2.29. The Hall–Kier alpha value is -2.06. The molecule has 0 aromatic heterocycles. The van der Waals surface area contributed by atoms with Gasteiger partial charge in [0.1, 0.15) is 0 Å². The first-order chi connectivity index (χ1) is 9.92. The number of ether oxygens (including phenoxy) is 1. The van der Waals surface area contributed by atoms with Crippen molar-refractivity contribution in [3.8, 4) is 0 Å². The molecule has 0 saturated carbocycles. The van der Waals surface area contributed by atoms with Crippen molar-refractivity contribution in [2.24, 2.45) is 0 Å². The maximum atomic E-state index is 13.6. The highest BCUT2D eigenvalue weighted by molar-refractivity contribution is 5.94. The number of hydrogen-bond donors (Lipinski definition) is 1. The molecular formula is C13H15FN2O5. The first-order valence-corrected chi connectivity index (χ1v) is 6.42. The van der Waals surface area contributed by atoms with Crippen LogP contribution in [0.4, 0.5) is 10.1 Å². The normalized spacial score (nSPS) is 22.1. The first kappa shape index (κ1) is 15.3. The molecule has 1 amide bonds. The minimum atomic E-state index is -1.05. The smallest absolute Gasteiger partial charge is 0.304 e. The van der Waals surface area contributed by atoms with Crippen LogP contribution in [0, 0.1) is 15.9 Å². The van der Waals surface area contributed by atoms with Gasteiger partial charge < -0.3 is 14.7 Å². The minimum Gasteiger partial charge on any atom is -0.394 e. The Kier molecular flexibility index (Phi) is 4.49. The Bertz CT molecular complexity index is 565. The third-order valence-corrected chi connectivity index (χ3v) is 3.21. The number of halogens is 1. The molecule has 1 aliphatic rings. The van der Waals surface area contributed by atoms with E-state index in [1.54, 1.807) is 6.92 Å². The summed E-state index contributed by atoms with van der Waals surface area (Å²) in [6.07, 6.45) is -0.733. The number of rotatable bonds is 3. The fourth-order valence-corrected chi connectivity index (χ4v) is 2.28. The number of nitro groups is 1. The number of carbonyl (C=O) groups is 1. The van der Waals surface area contributed by atoms with Gasteiger partial charge in [-0.1, -0.05) is 0 Å². The summed E-state index contributed by atoms with van der Waals surface area (Å²) in [4.78, 5) is 23.4. The lowest BCUT2D eigenvalue weighted by Gasteiger charge is -2.36. The summed E-state index contributed by atoms with van der Waals surface area (Å²) in [7, 11) is 0.